The molecule has 3 aromatic carbocycles. The number of carbonyl (C=O) groups excluding carboxylic acids is 1. The van der Waals surface area contributed by atoms with Crippen molar-refractivity contribution in [2.45, 2.75) is 44.1 Å². The quantitative estimate of drug-likeness (QED) is 0.407. The molecule has 2 atom stereocenters. The maximum absolute atomic E-state index is 14.2. The summed E-state index contributed by atoms with van der Waals surface area (Å²) < 4.78 is 41.1. The van der Waals surface area contributed by atoms with E-state index in [0.717, 1.165) is 22.3 Å². The molecular formula is C31H31NO6S. The Labute approximate surface area is 229 Å². The van der Waals surface area contributed by atoms with Gasteiger partial charge in [0, 0.05) is 25.1 Å². The number of phenolic OH excluding ortho intramolecular Hbond substituents is 1. The number of carbonyl (C=O) groups is 1. The van der Waals surface area contributed by atoms with Crippen LogP contribution in [-0.4, -0.2) is 37.5 Å². The minimum atomic E-state index is -4.10. The van der Waals surface area contributed by atoms with Gasteiger partial charge in [-0.25, -0.2) is 17.5 Å². The van der Waals surface area contributed by atoms with E-state index in [2.05, 4.69) is 0 Å². The SMILES string of the molecule is COCC1=CC(c2cccc(O)c2)C2=C(CC(c3c(C)cc(C)cc3C)OC2=O)N1S(=O)(=O)c1ccccc1. The molecule has 2 aliphatic rings. The Balaban J connectivity index is 1.74. The molecule has 7 nitrogen and oxygen atoms in total. The minimum Gasteiger partial charge on any atom is -0.508 e. The summed E-state index contributed by atoms with van der Waals surface area (Å²) in [5.74, 6) is -1.17. The number of cyclic esters (lactones) is 1. The van der Waals surface area contributed by atoms with E-state index >= 15 is 0 Å². The summed E-state index contributed by atoms with van der Waals surface area (Å²) in [4.78, 5) is 13.9. The maximum atomic E-state index is 14.2. The van der Waals surface area contributed by atoms with Crippen molar-refractivity contribution >= 4 is 16.0 Å². The molecular weight excluding hydrogens is 514 g/mol. The highest BCUT2D eigenvalue weighted by atomic mass is 32.2. The number of aryl methyl sites for hydroxylation is 3. The number of ether oxygens (including phenoxy) is 2. The van der Waals surface area contributed by atoms with Crippen LogP contribution in [0.5, 0.6) is 5.75 Å². The molecule has 2 aliphatic heterocycles. The van der Waals surface area contributed by atoms with Crippen LogP contribution in [0, 0.1) is 20.8 Å². The molecule has 1 N–H and O–H groups in total. The number of benzene rings is 3. The number of sulfonamides is 1. The smallest absolute Gasteiger partial charge is 0.337 e. The Hall–Kier alpha value is -3.88. The van der Waals surface area contributed by atoms with Crippen LogP contribution in [0.2, 0.25) is 0 Å². The van der Waals surface area contributed by atoms with Crippen LogP contribution < -0.4 is 0 Å². The summed E-state index contributed by atoms with van der Waals surface area (Å²) in [5.41, 5.74) is 5.52. The summed E-state index contributed by atoms with van der Waals surface area (Å²) in [6.45, 7) is 5.95. The van der Waals surface area contributed by atoms with Crippen LogP contribution in [0.1, 0.15) is 46.3 Å². The number of methoxy groups -OCH3 is 1. The van der Waals surface area contributed by atoms with Crippen molar-refractivity contribution in [3.8, 4) is 5.75 Å². The van der Waals surface area contributed by atoms with Gasteiger partial charge in [-0.2, -0.15) is 0 Å². The van der Waals surface area contributed by atoms with Crippen LogP contribution in [0.25, 0.3) is 0 Å². The first kappa shape index (κ1) is 26.7. The van der Waals surface area contributed by atoms with Crippen molar-refractivity contribution in [1.29, 1.82) is 0 Å². The minimum absolute atomic E-state index is 0.000457. The summed E-state index contributed by atoms with van der Waals surface area (Å²) in [7, 11) is -2.61. The van der Waals surface area contributed by atoms with Gasteiger partial charge in [-0.3, -0.25) is 0 Å². The normalized spacial score (nSPS) is 19.4. The first-order valence-electron chi connectivity index (χ1n) is 12.7. The molecule has 8 heteroatoms. The third kappa shape index (κ3) is 4.86. The molecule has 3 aromatic rings. The van der Waals surface area contributed by atoms with Crippen molar-refractivity contribution in [2.24, 2.45) is 0 Å². The number of hydrogen-bond donors (Lipinski definition) is 1. The van der Waals surface area contributed by atoms with E-state index in [9.17, 15) is 18.3 Å². The van der Waals surface area contributed by atoms with Gasteiger partial charge in [0.2, 0.25) is 0 Å². The Morgan fingerprint density at radius 2 is 1.69 bits per heavy atom. The highest BCUT2D eigenvalue weighted by Gasteiger charge is 2.45. The zero-order valence-electron chi connectivity index (χ0n) is 22.3. The highest BCUT2D eigenvalue weighted by Crippen LogP contribution is 2.47. The lowest BCUT2D eigenvalue weighted by molar-refractivity contribution is -0.147. The van der Waals surface area contributed by atoms with E-state index in [4.69, 9.17) is 9.47 Å². The monoisotopic (exact) mass is 545 g/mol. The van der Waals surface area contributed by atoms with Crippen LogP contribution in [-0.2, 0) is 24.3 Å². The molecule has 202 valence electrons. The lowest BCUT2D eigenvalue weighted by Crippen LogP contribution is -2.40. The average Bonchev–Trinajstić information content (AvgIpc) is 2.88. The Bertz CT molecular complexity index is 1580. The number of nitrogens with zero attached hydrogens (tertiary/aromatic N) is 1. The molecule has 2 unspecified atom stereocenters. The molecule has 0 saturated carbocycles. The summed E-state index contributed by atoms with van der Waals surface area (Å²) in [5, 5.41) is 10.2. The first-order chi connectivity index (χ1) is 18.6. The Morgan fingerprint density at radius 3 is 2.33 bits per heavy atom. The fraction of sp³-hybridized carbons (Fsp3) is 0.258. The summed E-state index contributed by atoms with van der Waals surface area (Å²) in [6.07, 6.45) is 1.20. The predicted molar refractivity (Wildman–Crippen MR) is 147 cm³/mol. The Morgan fingerprint density at radius 1 is 1.00 bits per heavy atom. The number of phenols is 1. The number of aromatic hydroxyl groups is 1. The fourth-order valence-electron chi connectivity index (χ4n) is 5.75. The molecule has 0 spiro atoms. The molecule has 2 heterocycles. The van der Waals surface area contributed by atoms with Gasteiger partial charge in [0.15, 0.2) is 0 Å². The molecule has 0 saturated heterocycles. The molecule has 0 fully saturated rings. The van der Waals surface area contributed by atoms with Gasteiger partial charge < -0.3 is 14.6 Å². The van der Waals surface area contributed by atoms with Gasteiger partial charge in [0.1, 0.15) is 11.9 Å². The zero-order chi connectivity index (χ0) is 27.9. The number of esters is 1. The number of rotatable bonds is 6. The molecule has 0 bridgehead atoms. The van der Waals surface area contributed by atoms with Gasteiger partial charge >= 0.3 is 5.97 Å². The van der Waals surface area contributed by atoms with E-state index in [1.54, 1.807) is 48.5 Å². The third-order valence-electron chi connectivity index (χ3n) is 7.20. The summed E-state index contributed by atoms with van der Waals surface area (Å²) in [6, 6.07) is 18.8. The van der Waals surface area contributed by atoms with Crippen molar-refractivity contribution < 1.29 is 27.8 Å². The lowest BCUT2D eigenvalue weighted by atomic mass is 9.82. The zero-order valence-corrected chi connectivity index (χ0v) is 23.2. The molecule has 5 rings (SSSR count). The number of allylic oxidation sites excluding steroid dienone is 1. The maximum Gasteiger partial charge on any atom is 0.337 e. The Kier molecular flexibility index (Phi) is 7.09. The number of hydrogen-bond acceptors (Lipinski definition) is 6. The lowest BCUT2D eigenvalue weighted by Gasteiger charge is -2.40. The predicted octanol–water partition coefficient (Wildman–Crippen LogP) is 5.58. The standard InChI is InChI=1S/C31H31NO6S/c1-19-13-20(2)29(21(3)14-19)28-17-27-30(31(34)38-28)26(22-9-8-10-24(33)15-22)16-23(18-37-4)32(27)39(35,36)25-11-6-5-7-12-25/h5-16,26,28,33H,17-18H2,1-4H3. The van der Waals surface area contributed by atoms with E-state index < -0.39 is 28.0 Å². The van der Waals surface area contributed by atoms with E-state index in [0.29, 0.717) is 17.0 Å². The van der Waals surface area contributed by atoms with E-state index in [1.165, 1.54) is 23.5 Å². The van der Waals surface area contributed by atoms with Gasteiger partial charge in [-0.05, 0) is 73.4 Å². The second kappa shape index (κ2) is 10.4. The van der Waals surface area contributed by atoms with Crippen molar-refractivity contribution in [1.82, 2.24) is 4.31 Å². The third-order valence-corrected chi connectivity index (χ3v) is 9.00. The largest absolute Gasteiger partial charge is 0.508 e. The van der Waals surface area contributed by atoms with Gasteiger partial charge in [-0.15, -0.1) is 0 Å². The van der Waals surface area contributed by atoms with Gasteiger partial charge in [0.25, 0.3) is 10.0 Å². The van der Waals surface area contributed by atoms with Gasteiger partial charge in [0.05, 0.1) is 22.8 Å². The summed E-state index contributed by atoms with van der Waals surface area (Å²) >= 11 is 0. The molecule has 39 heavy (non-hydrogen) atoms. The second-order valence-electron chi connectivity index (χ2n) is 10.0. The van der Waals surface area contributed by atoms with Crippen LogP contribution in [0.15, 0.2) is 94.7 Å². The molecule has 0 radical (unpaired) electrons. The molecule has 0 aromatic heterocycles. The van der Waals surface area contributed by atoms with Gasteiger partial charge in [-0.1, -0.05) is 48.0 Å². The van der Waals surface area contributed by atoms with Crippen molar-refractivity contribution in [3.63, 3.8) is 0 Å². The molecule has 0 amide bonds. The van der Waals surface area contributed by atoms with Crippen LogP contribution >= 0.6 is 0 Å². The van der Waals surface area contributed by atoms with Crippen molar-refractivity contribution in [2.75, 3.05) is 13.7 Å². The topological polar surface area (TPSA) is 93.1 Å². The first-order valence-corrected chi connectivity index (χ1v) is 14.2. The molecule has 0 aliphatic carbocycles. The fourth-order valence-corrected chi connectivity index (χ4v) is 7.34. The van der Waals surface area contributed by atoms with Crippen LogP contribution in [0.4, 0.5) is 0 Å². The average molecular weight is 546 g/mol. The van der Waals surface area contributed by atoms with Crippen molar-refractivity contribution in [3.05, 3.63) is 118 Å². The second-order valence-corrected chi connectivity index (χ2v) is 11.8. The van der Waals surface area contributed by atoms with E-state index in [1.807, 2.05) is 32.9 Å². The van der Waals surface area contributed by atoms with Crippen LogP contribution in [0.3, 0.4) is 0 Å². The highest BCUT2D eigenvalue weighted by molar-refractivity contribution is 7.89. The van der Waals surface area contributed by atoms with E-state index in [-0.39, 0.29) is 29.2 Å².